The van der Waals surface area contributed by atoms with Gasteiger partial charge in [0.25, 0.3) is 0 Å². The van der Waals surface area contributed by atoms with Crippen LogP contribution in [0.1, 0.15) is 69.9 Å². The number of hydrogen-bond donors (Lipinski definition) is 1. The summed E-state index contributed by atoms with van der Waals surface area (Å²) in [4.78, 5) is 31.3. The summed E-state index contributed by atoms with van der Waals surface area (Å²) in [5, 5.41) is 9.92. The van der Waals surface area contributed by atoms with Gasteiger partial charge < -0.3 is 19.6 Å². The number of ether oxygens (including phenoxy) is 1. The van der Waals surface area contributed by atoms with Crippen LogP contribution in [0.3, 0.4) is 0 Å². The van der Waals surface area contributed by atoms with Crippen molar-refractivity contribution in [3.63, 3.8) is 0 Å². The monoisotopic (exact) mass is 689 g/mol. The minimum atomic E-state index is -0.974. The molecule has 12 heteroatoms. The summed E-state index contributed by atoms with van der Waals surface area (Å²) in [6.45, 7) is 8.65. The molecule has 46 heavy (non-hydrogen) atoms. The Labute approximate surface area is 283 Å². The van der Waals surface area contributed by atoms with Crippen molar-refractivity contribution < 1.29 is 32.6 Å². The maximum Gasteiger partial charge on any atom is 0.410 e. The lowest BCUT2D eigenvalue weighted by atomic mass is 9.88. The van der Waals surface area contributed by atoms with Crippen molar-refractivity contribution in [1.29, 1.82) is 0 Å². The lowest BCUT2D eigenvalue weighted by molar-refractivity contribution is -0.145. The predicted molar refractivity (Wildman–Crippen MR) is 177 cm³/mol. The number of amides is 1. The number of rotatable bonds is 12. The molecular weight excluding hydrogens is 642 g/mol. The molecule has 2 aliphatic rings. The second-order valence-corrected chi connectivity index (χ2v) is 12.8. The third kappa shape index (κ3) is 9.99. The summed E-state index contributed by atoms with van der Waals surface area (Å²) in [5.41, 5.74) is 1.34. The summed E-state index contributed by atoms with van der Waals surface area (Å²) >= 11 is 0. The molecule has 0 radical (unpaired) electrons. The van der Waals surface area contributed by atoms with Gasteiger partial charge >= 0.3 is 12.1 Å². The summed E-state index contributed by atoms with van der Waals surface area (Å²) in [6.07, 6.45) is 3.45. The minimum Gasteiger partial charge on any atom is -0.480 e. The smallest absolute Gasteiger partial charge is 0.410 e. The second kappa shape index (κ2) is 18.1. The molecule has 1 saturated heterocycles. The van der Waals surface area contributed by atoms with E-state index in [1.807, 2.05) is 38.8 Å². The number of benzene rings is 2. The van der Waals surface area contributed by atoms with Gasteiger partial charge in [0.1, 0.15) is 18.5 Å². The Hall–Kier alpha value is -2.53. The molecule has 0 aromatic heterocycles. The Morgan fingerprint density at radius 1 is 1.00 bits per heavy atom. The minimum absolute atomic E-state index is 0. The lowest BCUT2D eigenvalue weighted by Crippen LogP contribution is -2.49. The van der Waals surface area contributed by atoms with Gasteiger partial charge in [-0.1, -0.05) is 39.0 Å². The SMILES string of the molecule is CCCN(C(=O)OCc1ccc(F)c(F)c1)C1CCN(CC2CC(N(C)[C@@H](C(=O)O)C(C)C)CC2c2cccc(F)c2)CC1.Cl.Cl. The van der Waals surface area contributed by atoms with E-state index >= 15 is 0 Å². The molecule has 1 amide bonds. The Kier molecular flexibility index (Phi) is 15.6. The van der Waals surface area contributed by atoms with Crippen LogP contribution in [0.25, 0.3) is 0 Å². The van der Waals surface area contributed by atoms with Crippen LogP contribution in [0, 0.1) is 29.3 Å². The zero-order valence-corrected chi connectivity index (χ0v) is 28.7. The number of likely N-dealkylation sites (tertiary alicyclic amines) is 1. The quantitative estimate of drug-likeness (QED) is 0.251. The number of carboxylic acids is 1. The molecule has 1 saturated carbocycles. The van der Waals surface area contributed by atoms with Gasteiger partial charge in [-0.2, -0.15) is 0 Å². The third-order valence-electron chi connectivity index (χ3n) is 9.38. The average Bonchev–Trinajstić information content (AvgIpc) is 3.40. The van der Waals surface area contributed by atoms with Crippen molar-refractivity contribution in [2.75, 3.05) is 33.2 Å². The van der Waals surface area contributed by atoms with E-state index in [2.05, 4.69) is 4.90 Å². The van der Waals surface area contributed by atoms with E-state index in [-0.39, 0.29) is 67.1 Å². The largest absolute Gasteiger partial charge is 0.480 e. The fourth-order valence-electron chi connectivity index (χ4n) is 7.20. The molecule has 0 bridgehead atoms. The van der Waals surface area contributed by atoms with Gasteiger partial charge in [0.2, 0.25) is 0 Å². The molecule has 4 rings (SSSR count). The van der Waals surface area contributed by atoms with Crippen LogP contribution in [0.5, 0.6) is 0 Å². The van der Waals surface area contributed by atoms with Crippen molar-refractivity contribution in [1.82, 2.24) is 14.7 Å². The van der Waals surface area contributed by atoms with Gasteiger partial charge in [0, 0.05) is 38.3 Å². The number of halogens is 5. The van der Waals surface area contributed by atoms with Crippen LogP contribution in [-0.4, -0.2) is 83.2 Å². The summed E-state index contributed by atoms with van der Waals surface area (Å²) in [6, 6.07) is 9.73. The van der Waals surface area contributed by atoms with Crippen molar-refractivity contribution >= 4 is 36.9 Å². The second-order valence-electron chi connectivity index (χ2n) is 12.8. The molecular formula is C34H48Cl2F3N3O4. The zero-order chi connectivity index (χ0) is 32.0. The van der Waals surface area contributed by atoms with Crippen molar-refractivity contribution in [3.05, 3.63) is 71.0 Å². The fraction of sp³-hybridized carbons (Fsp3) is 0.588. The van der Waals surface area contributed by atoms with E-state index in [0.29, 0.717) is 12.1 Å². The van der Waals surface area contributed by atoms with Crippen LogP contribution in [-0.2, 0) is 16.1 Å². The Balaban J connectivity index is 0.00000368. The number of carboxylic acid groups (broad SMARTS) is 1. The number of carbonyl (C=O) groups is 2. The number of likely N-dealkylation sites (N-methyl/N-ethyl adjacent to an activating group) is 1. The van der Waals surface area contributed by atoms with Crippen LogP contribution >= 0.6 is 24.8 Å². The molecule has 4 atom stereocenters. The molecule has 1 aliphatic carbocycles. The number of carbonyl (C=O) groups excluding carboxylic acids is 1. The summed E-state index contributed by atoms with van der Waals surface area (Å²) in [5.74, 6) is -2.71. The first-order valence-corrected chi connectivity index (χ1v) is 15.8. The predicted octanol–water partition coefficient (Wildman–Crippen LogP) is 7.36. The number of hydrogen-bond acceptors (Lipinski definition) is 5. The van der Waals surface area contributed by atoms with Gasteiger partial charge in [-0.15, -0.1) is 24.8 Å². The Bertz CT molecular complexity index is 1280. The highest BCUT2D eigenvalue weighted by Gasteiger charge is 2.42. The standard InChI is InChI=1S/C34H46F3N3O4.2ClH/c1-5-13-40(34(43)44-21-23-9-10-30(36)31(37)16-23)27-11-14-39(15-12-27)20-25-18-28(38(4)32(22(2)3)33(41)42)19-29(25)24-7-6-8-26(35)17-24;;/h6-10,16-17,22,25,27-29,32H,5,11-15,18-21H2,1-4H3,(H,41,42);2*1H/t25?,28?,29?,32-;;/m1../s1. The van der Waals surface area contributed by atoms with Crippen molar-refractivity contribution in [2.45, 2.75) is 83.5 Å². The Morgan fingerprint density at radius 3 is 2.28 bits per heavy atom. The van der Waals surface area contributed by atoms with Gasteiger partial charge in [0.05, 0.1) is 0 Å². The first kappa shape index (κ1) is 39.6. The normalized spacial score (nSPS) is 21.0. The van der Waals surface area contributed by atoms with E-state index in [9.17, 15) is 27.9 Å². The summed E-state index contributed by atoms with van der Waals surface area (Å²) < 4.78 is 46.6. The van der Waals surface area contributed by atoms with Crippen LogP contribution in [0.2, 0.25) is 0 Å². The highest BCUT2D eigenvalue weighted by atomic mass is 35.5. The number of aliphatic carboxylic acids is 1. The van der Waals surface area contributed by atoms with E-state index < -0.39 is 29.7 Å². The molecule has 2 aromatic carbocycles. The van der Waals surface area contributed by atoms with E-state index in [1.54, 1.807) is 17.0 Å². The zero-order valence-electron chi connectivity index (χ0n) is 27.0. The van der Waals surface area contributed by atoms with Gasteiger partial charge in [0.15, 0.2) is 11.6 Å². The van der Waals surface area contributed by atoms with Crippen molar-refractivity contribution in [2.24, 2.45) is 11.8 Å². The first-order chi connectivity index (χ1) is 21.0. The Morgan fingerprint density at radius 2 is 1.70 bits per heavy atom. The molecule has 2 aromatic rings. The lowest BCUT2D eigenvalue weighted by Gasteiger charge is -2.39. The highest BCUT2D eigenvalue weighted by molar-refractivity contribution is 5.85. The molecule has 7 nitrogen and oxygen atoms in total. The number of nitrogens with zero attached hydrogens (tertiary/aromatic N) is 3. The molecule has 0 spiro atoms. The third-order valence-corrected chi connectivity index (χ3v) is 9.38. The topological polar surface area (TPSA) is 73.3 Å². The van der Waals surface area contributed by atoms with Crippen molar-refractivity contribution in [3.8, 4) is 0 Å². The van der Waals surface area contributed by atoms with E-state index in [0.717, 1.165) is 69.4 Å². The molecule has 2 fully saturated rings. The molecule has 1 N–H and O–H groups in total. The van der Waals surface area contributed by atoms with E-state index in [4.69, 9.17) is 4.74 Å². The van der Waals surface area contributed by atoms with E-state index in [1.165, 1.54) is 12.1 Å². The van der Waals surface area contributed by atoms with Gasteiger partial charge in [-0.25, -0.2) is 18.0 Å². The number of piperidine rings is 1. The first-order valence-electron chi connectivity index (χ1n) is 15.8. The molecule has 1 heterocycles. The summed E-state index contributed by atoms with van der Waals surface area (Å²) in [7, 11) is 1.90. The molecule has 1 aliphatic heterocycles. The maximum absolute atomic E-state index is 14.3. The van der Waals surface area contributed by atoms with Gasteiger partial charge in [-0.3, -0.25) is 9.69 Å². The van der Waals surface area contributed by atoms with Gasteiger partial charge in [-0.05, 0) is 92.3 Å². The van der Waals surface area contributed by atoms with Crippen LogP contribution < -0.4 is 0 Å². The van der Waals surface area contributed by atoms with Crippen LogP contribution in [0.15, 0.2) is 42.5 Å². The molecule has 3 unspecified atom stereocenters. The molecule has 258 valence electrons. The fourth-order valence-corrected chi connectivity index (χ4v) is 7.20. The highest BCUT2D eigenvalue weighted by Crippen LogP contribution is 2.43. The maximum atomic E-state index is 14.3. The average molecular weight is 691 g/mol. The van der Waals surface area contributed by atoms with Crippen LogP contribution in [0.4, 0.5) is 18.0 Å².